The Morgan fingerprint density at radius 3 is 2.54 bits per heavy atom. The SMILES string of the molecule is CCCN(CCC)Cc1sc(=O)[nH]c1-c1ccc2c(c1)OCCO2. The highest BCUT2D eigenvalue weighted by atomic mass is 32.1. The Morgan fingerprint density at radius 2 is 1.83 bits per heavy atom. The largest absolute Gasteiger partial charge is 0.486 e. The molecule has 0 saturated carbocycles. The molecule has 0 atom stereocenters. The van der Waals surface area contributed by atoms with Gasteiger partial charge in [-0.25, -0.2) is 0 Å². The second kappa shape index (κ2) is 7.85. The number of aromatic nitrogens is 1. The predicted octanol–water partition coefficient (Wildman–Crippen LogP) is 3.50. The topological polar surface area (TPSA) is 54.6 Å². The van der Waals surface area contributed by atoms with E-state index in [-0.39, 0.29) is 4.87 Å². The molecule has 0 radical (unpaired) electrons. The summed E-state index contributed by atoms with van der Waals surface area (Å²) in [5.41, 5.74) is 1.87. The van der Waals surface area contributed by atoms with Crippen molar-refractivity contribution in [1.82, 2.24) is 9.88 Å². The number of benzene rings is 1. The fourth-order valence-corrected chi connectivity index (χ4v) is 3.90. The van der Waals surface area contributed by atoms with Crippen molar-refractivity contribution in [2.75, 3.05) is 26.3 Å². The number of ether oxygens (including phenoxy) is 2. The molecule has 1 aliphatic rings. The van der Waals surface area contributed by atoms with Gasteiger partial charge in [-0.2, -0.15) is 0 Å². The van der Waals surface area contributed by atoms with Crippen LogP contribution in [0.3, 0.4) is 0 Å². The van der Waals surface area contributed by atoms with Gasteiger partial charge in [0.2, 0.25) is 0 Å². The van der Waals surface area contributed by atoms with E-state index < -0.39 is 0 Å². The summed E-state index contributed by atoms with van der Waals surface area (Å²) in [5, 5.41) is 0. The van der Waals surface area contributed by atoms with Gasteiger partial charge >= 0.3 is 4.87 Å². The van der Waals surface area contributed by atoms with Gasteiger partial charge in [0.05, 0.1) is 5.69 Å². The van der Waals surface area contributed by atoms with E-state index in [1.54, 1.807) is 0 Å². The first-order valence-electron chi connectivity index (χ1n) is 8.55. The minimum Gasteiger partial charge on any atom is -0.486 e. The Labute approximate surface area is 146 Å². The van der Waals surface area contributed by atoms with Gasteiger partial charge < -0.3 is 14.5 Å². The predicted molar refractivity (Wildman–Crippen MR) is 97.2 cm³/mol. The Balaban J connectivity index is 1.90. The number of nitrogens with one attached hydrogen (secondary N) is 1. The van der Waals surface area contributed by atoms with Gasteiger partial charge in [-0.3, -0.25) is 9.69 Å². The summed E-state index contributed by atoms with van der Waals surface area (Å²) in [7, 11) is 0. The van der Waals surface area contributed by atoms with Crippen LogP contribution in [0.1, 0.15) is 31.6 Å². The van der Waals surface area contributed by atoms with Gasteiger partial charge in [0.25, 0.3) is 0 Å². The lowest BCUT2D eigenvalue weighted by atomic mass is 10.1. The molecule has 130 valence electrons. The maximum atomic E-state index is 12.0. The fourth-order valence-electron chi connectivity index (χ4n) is 3.01. The maximum absolute atomic E-state index is 12.0. The van der Waals surface area contributed by atoms with Gasteiger partial charge in [-0.1, -0.05) is 25.2 Å². The summed E-state index contributed by atoms with van der Waals surface area (Å²) in [5.74, 6) is 1.51. The van der Waals surface area contributed by atoms with E-state index in [9.17, 15) is 4.79 Å². The molecule has 1 aliphatic heterocycles. The molecule has 0 spiro atoms. The summed E-state index contributed by atoms with van der Waals surface area (Å²) in [6.45, 7) is 8.39. The van der Waals surface area contributed by atoms with Crippen LogP contribution in [0.5, 0.6) is 11.5 Å². The van der Waals surface area contributed by atoms with Crippen molar-refractivity contribution in [3.8, 4) is 22.8 Å². The molecule has 0 unspecified atom stereocenters. The highest BCUT2D eigenvalue weighted by Gasteiger charge is 2.17. The zero-order chi connectivity index (χ0) is 16.9. The van der Waals surface area contributed by atoms with E-state index >= 15 is 0 Å². The van der Waals surface area contributed by atoms with Crippen LogP contribution in [0.15, 0.2) is 23.0 Å². The number of H-pyrrole nitrogens is 1. The number of nitrogens with zero attached hydrogens (tertiary/aromatic N) is 1. The van der Waals surface area contributed by atoms with Crippen LogP contribution >= 0.6 is 11.3 Å². The fraction of sp³-hybridized carbons (Fsp3) is 0.500. The quantitative estimate of drug-likeness (QED) is 0.832. The van der Waals surface area contributed by atoms with E-state index in [0.717, 1.165) is 60.1 Å². The zero-order valence-corrected chi connectivity index (χ0v) is 15.1. The summed E-state index contributed by atoms with van der Waals surface area (Å²) in [4.78, 5) is 18.4. The number of rotatable bonds is 7. The van der Waals surface area contributed by atoms with Crippen molar-refractivity contribution in [3.05, 3.63) is 32.7 Å². The third-order valence-electron chi connectivity index (χ3n) is 4.00. The van der Waals surface area contributed by atoms with Gasteiger partial charge in [0.15, 0.2) is 11.5 Å². The number of fused-ring (bicyclic) bond motifs is 1. The first-order valence-corrected chi connectivity index (χ1v) is 9.37. The van der Waals surface area contributed by atoms with Crippen LogP contribution in [0.4, 0.5) is 0 Å². The van der Waals surface area contributed by atoms with Crippen molar-refractivity contribution in [1.29, 1.82) is 0 Å². The summed E-state index contributed by atoms with van der Waals surface area (Å²) in [6.07, 6.45) is 2.22. The van der Waals surface area contributed by atoms with E-state index in [2.05, 4.69) is 23.7 Å². The van der Waals surface area contributed by atoms with Crippen LogP contribution < -0.4 is 14.3 Å². The number of hydrogen-bond acceptors (Lipinski definition) is 5. The van der Waals surface area contributed by atoms with Crippen LogP contribution in [0.2, 0.25) is 0 Å². The standard InChI is InChI=1S/C18H24N2O3S/c1-3-7-20(8-4-2)12-16-17(19-18(21)24-16)13-5-6-14-15(11-13)23-10-9-22-14/h5-6,11H,3-4,7-10,12H2,1-2H3,(H,19,21). The molecular weight excluding hydrogens is 324 g/mol. The lowest BCUT2D eigenvalue weighted by Gasteiger charge is -2.21. The molecule has 2 aromatic rings. The molecule has 6 heteroatoms. The molecule has 1 N–H and O–H groups in total. The second-order valence-electron chi connectivity index (χ2n) is 5.95. The molecule has 2 heterocycles. The highest BCUT2D eigenvalue weighted by Crippen LogP contribution is 2.35. The van der Waals surface area contributed by atoms with E-state index in [1.807, 2.05) is 18.2 Å². The molecule has 1 aromatic heterocycles. The molecule has 0 amide bonds. The average molecular weight is 348 g/mol. The molecule has 0 bridgehead atoms. The normalized spacial score (nSPS) is 13.5. The summed E-state index contributed by atoms with van der Waals surface area (Å²) >= 11 is 1.30. The molecule has 0 saturated heterocycles. The monoisotopic (exact) mass is 348 g/mol. The average Bonchev–Trinajstić information content (AvgIpc) is 2.95. The Morgan fingerprint density at radius 1 is 1.12 bits per heavy atom. The minimum atomic E-state index is -0.0113. The van der Waals surface area contributed by atoms with Gasteiger partial charge in [-0.15, -0.1) is 0 Å². The molecular formula is C18H24N2O3S. The molecule has 5 nitrogen and oxygen atoms in total. The summed E-state index contributed by atoms with van der Waals surface area (Å²) in [6, 6.07) is 5.86. The third-order valence-corrected chi connectivity index (χ3v) is 4.87. The molecule has 1 aromatic carbocycles. The van der Waals surface area contributed by atoms with E-state index in [1.165, 1.54) is 11.3 Å². The molecule has 3 rings (SSSR count). The van der Waals surface area contributed by atoms with Crippen LogP contribution in [-0.2, 0) is 6.54 Å². The van der Waals surface area contributed by atoms with Gasteiger partial charge in [0.1, 0.15) is 13.2 Å². The van der Waals surface area contributed by atoms with Crippen molar-refractivity contribution in [2.45, 2.75) is 33.2 Å². The molecule has 0 aliphatic carbocycles. The van der Waals surface area contributed by atoms with Gasteiger partial charge in [0, 0.05) is 17.0 Å². The Kier molecular flexibility index (Phi) is 5.58. The third kappa shape index (κ3) is 3.82. The second-order valence-corrected chi connectivity index (χ2v) is 7.01. The number of thiazole rings is 1. The minimum absolute atomic E-state index is 0.0113. The first-order chi connectivity index (χ1) is 11.7. The first kappa shape index (κ1) is 17.0. The highest BCUT2D eigenvalue weighted by molar-refractivity contribution is 7.09. The van der Waals surface area contributed by atoms with E-state index in [0.29, 0.717) is 13.2 Å². The lowest BCUT2D eigenvalue weighted by molar-refractivity contribution is 0.171. The van der Waals surface area contributed by atoms with Gasteiger partial charge in [-0.05, 0) is 44.1 Å². The smallest absolute Gasteiger partial charge is 0.305 e. The lowest BCUT2D eigenvalue weighted by Crippen LogP contribution is -2.24. The Hall–Kier alpha value is -1.79. The molecule has 24 heavy (non-hydrogen) atoms. The number of aromatic amines is 1. The summed E-state index contributed by atoms with van der Waals surface area (Å²) < 4.78 is 11.2. The van der Waals surface area contributed by atoms with Crippen LogP contribution in [0, 0.1) is 0 Å². The molecule has 0 fully saturated rings. The van der Waals surface area contributed by atoms with Crippen molar-refractivity contribution in [3.63, 3.8) is 0 Å². The van der Waals surface area contributed by atoms with Crippen molar-refractivity contribution < 1.29 is 9.47 Å². The number of hydrogen-bond donors (Lipinski definition) is 1. The zero-order valence-electron chi connectivity index (χ0n) is 14.3. The van der Waals surface area contributed by atoms with Crippen molar-refractivity contribution in [2.24, 2.45) is 0 Å². The maximum Gasteiger partial charge on any atom is 0.305 e. The van der Waals surface area contributed by atoms with Crippen LogP contribution in [-0.4, -0.2) is 36.2 Å². The van der Waals surface area contributed by atoms with Crippen LogP contribution in [0.25, 0.3) is 11.3 Å². The Bertz CT molecular complexity index is 732. The van der Waals surface area contributed by atoms with Crippen molar-refractivity contribution >= 4 is 11.3 Å². The van der Waals surface area contributed by atoms with E-state index in [4.69, 9.17) is 9.47 Å².